The molecule has 0 aliphatic rings. The Hall–Kier alpha value is -2.58. The molecule has 6 nitrogen and oxygen atoms in total. The van der Waals surface area contributed by atoms with E-state index < -0.39 is 9.84 Å². The van der Waals surface area contributed by atoms with Crippen LogP contribution in [0.4, 0.5) is 5.69 Å². The lowest BCUT2D eigenvalue weighted by Crippen LogP contribution is -2.12. The highest BCUT2D eigenvalue weighted by atomic mass is 32.2. The van der Waals surface area contributed by atoms with Crippen LogP contribution in [0.5, 0.6) is 0 Å². The van der Waals surface area contributed by atoms with Crippen LogP contribution < -0.4 is 5.32 Å². The summed E-state index contributed by atoms with van der Waals surface area (Å²) in [5, 5.41) is 4.75. The predicted octanol–water partition coefficient (Wildman–Crippen LogP) is 2.86. The Morgan fingerprint density at radius 3 is 2.50 bits per heavy atom. The molecule has 24 heavy (non-hydrogen) atoms. The second-order valence-corrected chi connectivity index (χ2v) is 7.84. The van der Waals surface area contributed by atoms with E-state index in [1.54, 1.807) is 0 Å². The van der Waals surface area contributed by atoms with Crippen molar-refractivity contribution in [2.75, 3.05) is 11.6 Å². The average Bonchev–Trinajstić information content (AvgIpc) is 3.05. The molecule has 0 bridgehead atoms. The molecule has 1 aromatic carbocycles. The third-order valence-corrected chi connectivity index (χ3v) is 4.98. The van der Waals surface area contributed by atoms with Gasteiger partial charge in [0, 0.05) is 17.2 Å². The first-order valence-electron chi connectivity index (χ1n) is 6.92. The lowest BCUT2D eigenvalue weighted by Gasteiger charge is -2.03. The van der Waals surface area contributed by atoms with Gasteiger partial charge in [0.25, 0.3) is 5.91 Å². The largest absolute Gasteiger partial charge is 0.319 e. The van der Waals surface area contributed by atoms with Gasteiger partial charge < -0.3 is 5.32 Å². The van der Waals surface area contributed by atoms with Crippen molar-refractivity contribution in [1.29, 1.82) is 0 Å². The molecule has 2 heterocycles. The molecular formula is C16H13N3O3S2. The van der Waals surface area contributed by atoms with Gasteiger partial charge in [0.2, 0.25) is 0 Å². The summed E-state index contributed by atoms with van der Waals surface area (Å²) in [6, 6.07) is 12.4. The highest BCUT2D eigenvalue weighted by molar-refractivity contribution is 7.90. The van der Waals surface area contributed by atoms with E-state index in [2.05, 4.69) is 15.3 Å². The monoisotopic (exact) mass is 359 g/mol. The van der Waals surface area contributed by atoms with E-state index in [4.69, 9.17) is 0 Å². The molecule has 3 rings (SSSR count). The maximum absolute atomic E-state index is 12.2. The van der Waals surface area contributed by atoms with Gasteiger partial charge in [-0.15, -0.1) is 11.3 Å². The van der Waals surface area contributed by atoms with Gasteiger partial charge in [-0.1, -0.05) is 30.3 Å². The average molecular weight is 359 g/mol. The third kappa shape index (κ3) is 3.66. The second-order valence-electron chi connectivity index (χ2n) is 5.02. The van der Waals surface area contributed by atoms with Gasteiger partial charge in [0.15, 0.2) is 19.9 Å². The molecule has 2 aromatic heterocycles. The smallest absolute Gasteiger partial charge is 0.284 e. The van der Waals surface area contributed by atoms with Gasteiger partial charge in [-0.25, -0.2) is 18.4 Å². The summed E-state index contributed by atoms with van der Waals surface area (Å²) in [4.78, 5) is 20.4. The number of thiazole rings is 1. The number of hydrogen-bond acceptors (Lipinski definition) is 6. The number of sulfone groups is 1. The number of aromatic nitrogens is 2. The number of carbonyl (C=O) groups excluding carboxylic acids is 1. The summed E-state index contributed by atoms with van der Waals surface area (Å²) < 4.78 is 22.7. The van der Waals surface area contributed by atoms with E-state index in [-0.39, 0.29) is 10.9 Å². The second kappa shape index (κ2) is 6.50. The molecule has 0 aliphatic heterocycles. The Morgan fingerprint density at radius 1 is 1.12 bits per heavy atom. The quantitative estimate of drug-likeness (QED) is 0.774. The number of hydrogen-bond donors (Lipinski definition) is 1. The van der Waals surface area contributed by atoms with E-state index in [0.717, 1.165) is 17.5 Å². The fourth-order valence-electron chi connectivity index (χ4n) is 1.98. The summed E-state index contributed by atoms with van der Waals surface area (Å²) in [6.07, 6.45) is 2.38. The number of rotatable bonds is 4. The van der Waals surface area contributed by atoms with E-state index >= 15 is 0 Å². The molecular weight excluding hydrogens is 346 g/mol. The van der Waals surface area contributed by atoms with Crippen molar-refractivity contribution in [1.82, 2.24) is 9.97 Å². The van der Waals surface area contributed by atoms with Crippen molar-refractivity contribution in [2.45, 2.75) is 5.03 Å². The SMILES string of the molecule is CS(=O)(=O)c1ccc(NC(=O)c2nc(-c3ccccc3)cs2)cn1. The van der Waals surface area contributed by atoms with Gasteiger partial charge in [-0.3, -0.25) is 4.79 Å². The Bertz CT molecular complexity index is 965. The number of pyridine rings is 1. The molecule has 3 aromatic rings. The normalized spacial score (nSPS) is 11.2. The van der Waals surface area contributed by atoms with E-state index in [1.807, 2.05) is 35.7 Å². The zero-order chi connectivity index (χ0) is 17.2. The number of carbonyl (C=O) groups is 1. The topological polar surface area (TPSA) is 89.0 Å². The van der Waals surface area contributed by atoms with Crippen molar-refractivity contribution in [3.8, 4) is 11.3 Å². The molecule has 122 valence electrons. The van der Waals surface area contributed by atoms with E-state index in [1.165, 1.54) is 29.7 Å². The molecule has 0 radical (unpaired) electrons. The Morgan fingerprint density at radius 2 is 1.88 bits per heavy atom. The number of benzene rings is 1. The van der Waals surface area contributed by atoms with Gasteiger partial charge in [0.1, 0.15) is 0 Å². The standard InChI is InChI=1S/C16H13N3O3S2/c1-24(21,22)14-8-7-12(9-17-14)18-15(20)16-19-13(10-23-16)11-5-3-2-4-6-11/h2-10H,1H3,(H,18,20). The van der Waals surface area contributed by atoms with Crippen LogP contribution >= 0.6 is 11.3 Å². The van der Waals surface area contributed by atoms with Crippen LogP contribution in [0, 0.1) is 0 Å². The molecule has 1 N–H and O–H groups in total. The van der Waals surface area contributed by atoms with Gasteiger partial charge >= 0.3 is 0 Å². The molecule has 0 atom stereocenters. The molecule has 0 unspecified atom stereocenters. The van der Waals surface area contributed by atoms with Crippen LogP contribution in [0.2, 0.25) is 0 Å². The lowest BCUT2D eigenvalue weighted by atomic mass is 10.2. The first kappa shape index (κ1) is 16.3. The van der Waals surface area contributed by atoms with Crippen LogP contribution in [0.3, 0.4) is 0 Å². The Labute approximate surface area is 143 Å². The fraction of sp³-hybridized carbons (Fsp3) is 0.0625. The van der Waals surface area contributed by atoms with Crippen molar-refractivity contribution in [3.05, 3.63) is 59.0 Å². The Balaban J connectivity index is 1.75. The van der Waals surface area contributed by atoms with Crippen LogP contribution in [0.1, 0.15) is 9.80 Å². The summed E-state index contributed by atoms with van der Waals surface area (Å²) in [6.45, 7) is 0. The number of amides is 1. The zero-order valence-electron chi connectivity index (χ0n) is 12.6. The number of nitrogens with zero attached hydrogens (tertiary/aromatic N) is 2. The predicted molar refractivity (Wildman–Crippen MR) is 92.9 cm³/mol. The molecule has 0 saturated carbocycles. The summed E-state index contributed by atoms with van der Waals surface area (Å²) in [7, 11) is -3.36. The third-order valence-electron chi connectivity index (χ3n) is 3.14. The van der Waals surface area contributed by atoms with Gasteiger partial charge in [0.05, 0.1) is 17.6 Å². The summed E-state index contributed by atoms with van der Waals surface area (Å²) in [5.41, 5.74) is 2.08. The Kier molecular flexibility index (Phi) is 4.41. The molecule has 0 aliphatic carbocycles. The van der Waals surface area contributed by atoms with Crippen molar-refractivity contribution < 1.29 is 13.2 Å². The first-order valence-corrected chi connectivity index (χ1v) is 9.69. The first-order chi connectivity index (χ1) is 11.4. The lowest BCUT2D eigenvalue weighted by molar-refractivity contribution is 0.102. The van der Waals surface area contributed by atoms with Gasteiger partial charge in [-0.2, -0.15) is 0 Å². The zero-order valence-corrected chi connectivity index (χ0v) is 14.3. The van der Waals surface area contributed by atoms with Crippen molar-refractivity contribution >= 4 is 32.8 Å². The summed E-state index contributed by atoms with van der Waals surface area (Å²) in [5.74, 6) is -0.365. The fourth-order valence-corrected chi connectivity index (χ4v) is 3.26. The number of anilines is 1. The van der Waals surface area contributed by atoms with Crippen LogP contribution in [-0.4, -0.2) is 30.5 Å². The minimum atomic E-state index is -3.36. The number of nitrogens with one attached hydrogen (secondary N) is 1. The minimum absolute atomic E-state index is 0.0406. The van der Waals surface area contributed by atoms with Crippen LogP contribution in [0.25, 0.3) is 11.3 Å². The molecule has 8 heteroatoms. The van der Waals surface area contributed by atoms with Crippen molar-refractivity contribution in [2.24, 2.45) is 0 Å². The summed E-state index contributed by atoms with van der Waals surface area (Å²) >= 11 is 1.24. The van der Waals surface area contributed by atoms with Crippen LogP contribution in [0.15, 0.2) is 59.1 Å². The highest BCUT2D eigenvalue weighted by Gasteiger charge is 2.13. The minimum Gasteiger partial charge on any atom is -0.319 e. The van der Waals surface area contributed by atoms with Crippen molar-refractivity contribution in [3.63, 3.8) is 0 Å². The molecule has 0 saturated heterocycles. The van der Waals surface area contributed by atoms with Gasteiger partial charge in [-0.05, 0) is 12.1 Å². The van der Waals surface area contributed by atoms with E-state index in [9.17, 15) is 13.2 Å². The molecule has 0 fully saturated rings. The van der Waals surface area contributed by atoms with Crippen LogP contribution in [-0.2, 0) is 9.84 Å². The van der Waals surface area contributed by atoms with E-state index in [0.29, 0.717) is 10.7 Å². The molecule has 1 amide bonds. The molecule has 0 spiro atoms. The highest BCUT2D eigenvalue weighted by Crippen LogP contribution is 2.22. The maximum Gasteiger partial charge on any atom is 0.284 e. The maximum atomic E-state index is 12.2.